The van der Waals surface area contributed by atoms with Gasteiger partial charge in [0.15, 0.2) is 14.3 Å². The minimum Gasteiger partial charge on any atom is -0.309 e. The third-order valence-corrected chi connectivity index (χ3v) is 22.1. The smallest absolute Gasteiger partial charge is 0.172 e. The zero-order valence-electron chi connectivity index (χ0n) is 39.2. The van der Waals surface area contributed by atoms with Crippen molar-refractivity contribution >= 4 is 112 Å². The highest BCUT2D eigenvalue weighted by Gasteiger charge is 2.52. The van der Waals surface area contributed by atoms with Crippen LogP contribution in [-0.2, 0) is 9.13 Å². The molecule has 16 rings (SSSR count). The van der Waals surface area contributed by atoms with Crippen molar-refractivity contribution in [2.75, 3.05) is 0 Å². The second-order valence-electron chi connectivity index (χ2n) is 19.5. The Bertz CT molecular complexity index is 4410. The highest BCUT2D eigenvalue weighted by molar-refractivity contribution is 7.90. The average molecular weight is 970 g/mol. The molecule has 7 heteroatoms. The summed E-state index contributed by atoms with van der Waals surface area (Å²) in [7, 11) is -7.01. The summed E-state index contributed by atoms with van der Waals surface area (Å²) in [6.45, 7) is 0. The lowest BCUT2D eigenvalue weighted by molar-refractivity contribution is 0.592. The molecule has 342 valence electrons. The summed E-state index contributed by atoms with van der Waals surface area (Å²) in [5, 5.41) is 11.7. The fraction of sp³-hybridized carbons (Fsp3) is 0. The summed E-state index contributed by atoms with van der Waals surface area (Å²) in [4.78, 5) is 0. The van der Waals surface area contributed by atoms with Gasteiger partial charge in [0.25, 0.3) is 0 Å². The molecule has 2 aliphatic heterocycles. The molecule has 5 heterocycles. The van der Waals surface area contributed by atoms with Gasteiger partial charge in [-0.15, -0.1) is 0 Å². The summed E-state index contributed by atoms with van der Waals surface area (Å²) in [5.41, 5.74) is 13.4. The molecule has 2 aliphatic rings. The van der Waals surface area contributed by atoms with Crippen molar-refractivity contribution in [2.45, 2.75) is 0 Å². The third kappa shape index (κ3) is 5.43. The van der Waals surface area contributed by atoms with Crippen molar-refractivity contribution in [3.63, 3.8) is 0 Å². The molecule has 5 nitrogen and oxygen atoms in total. The molecule has 0 N–H and O–H groups in total. The predicted molar refractivity (Wildman–Crippen MR) is 306 cm³/mol. The Hall–Kier alpha value is -8.72. The van der Waals surface area contributed by atoms with Crippen LogP contribution >= 0.6 is 14.3 Å². The maximum atomic E-state index is 16.7. The fourth-order valence-electron chi connectivity index (χ4n) is 12.7. The van der Waals surface area contributed by atoms with Gasteiger partial charge in [0.1, 0.15) is 0 Å². The normalized spacial score (nSPS) is 16.7. The molecule has 0 aliphatic carbocycles. The molecule has 2 atom stereocenters. The summed E-state index contributed by atoms with van der Waals surface area (Å²) in [6, 6.07) is 86.8. The van der Waals surface area contributed by atoms with Gasteiger partial charge in [-0.1, -0.05) is 140 Å². The van der Waals surface area contributed by atoms with Gasteiger partial charge in [-0.25, -0.2) is 0 Å². The van der Waals surface area contributed by atoms with Crippen LogP contribution in [0.25, 0.3) is 105 Å². The van der Waals surface area contributed by atoms with E-state index in [0.29, 0.717) is 0 Å². The number of fused-ring (bicyclic) bond motifs is 9. The molecule has 0 bridgehead atoms. The topological polar surface area (TPSA) is 48.9 Å². The maximum absolute atomic E-state index is 16.7. The van der Waals surface area contributed by atoms with Crippen molar-refractivity contribution in [1.29, 1.82) is 0 Å². The minimum absolute atomic E-state index is 0.748. The predicted octanol–water partition coefficient (Wildman–Crippen LogP) is 14.2. The van der Waals surface area contributed by atoms with Crippen molar-refractivity contribution < 1.29 is 9.13 Å². The lowest BCUT2D eigenvalue weighted by atomic mass is 10.0. The van der Waals surface area contributed by atoms with Crippen LogP contribution in [0.2, 0.25) is 0 Å². The van der Waals surface area contributed by atoms with Gasteiger partial charge in [0.05, 0.1) is 33.1 Å². The van der Waals surface area contributed by atoms with E-state index in [2.05, 4.69) is 244 Å². The van der Waals surface area contributed by atoms with Gasteiger partial charge in [0.2, 0.25) is 0 Å². The molecule has 0 saturated heterocycles. The van der Waals surface area contributed by atoms with Crippen LogP contribution in [0, 0.1) is 0 Å². The highest BCUT2D eigenvalue weighted by atomic mass is 31.2. The molecule has 0 saturated carbocycles. The van der Waals surface area contributed by atoms with Gasteiger partial charge >= 0.3 is 0 Å². The molecule has 0 amide bonds. The van der Waals surface area contributed by atoms with Crippen LogP contribution in [0.5, 0.6) is 0 Å². The van der Waals surface area contributed by atoms with E-state index in [1.54, 1.807) is 0 Å². The third-order valence-electron chi connectivity index (χ3n) is 15.9. The van der Waals surface area contributed by atoms with E-state index in [-0.39, 0.29) is 0 Å². The summed E-state index contributed by atoms with van der Waals surface area (Å²) in [5.74, 6) is 0. The van der Waals surface area contributed by atoms with Gasteiger partial charge in [-0.2, -0.15) is 0 Å². The molecule has 0 radical (unpaired) electrons. The van der Waals surface area contributed by atoms with Crippen LogP contribution in [0.1, 0.15) is 0 Å². The molecule has 2 unspecified atom stereocenters. The monoisotopic (exact) mass is 969 g/mol. The van der Waals surface area contributed by atoms with Crippen LogP contribution in [0.3, 0.4) is 0 Å². The second-order valence-corrected chi connectivity index (χ2v) is 24.9. The van der Waals surface area contributed by atoms with Gasteiger partial charge < -0.3 is 22.8 Å². The second kappa shape index (κ2) is 14.9. The highest BCUT2D eigenvalue weighted by Crippen LogP contribution is 2.61. The van der Waals surface area contributed by atoms with Crippen molar-refractivity contribution in [3.8, 4) is 39.3 Å². The van der Waals surface area contributed by atoms with E-state index in [9.17, 15) is 0 Å². The van der Waals surface area contributed by atoms with Crippen LogP contribution in [-0.4, -0.2) is 13.7 Å². The molecule has 73 heavy (non-hydrogen) atoms. The molecular formula is C66H41N3O2P2. The quantitative estimate of drug-likeness (QED) is 0.156. The molecule has 0 spiro atoms. The zero-order chi connectivity index (χ0) is 48.2. The van der Waals surface area contributed by atoms with Crippen molar-refractivity contribution in [1.82, 2.24) is 13.7 Å². The number of benzene rings is 11. The first kappa shape index (κ1) is 41.0. The lowest BCUT2D eigenvalue weighted by Gasteiger charge is -2.23. The number of hydrogen-bond donors (Lipinski definition) is 0. The number of rotatable bonds is 6. The largest absolute Gasteiger partial charge is 0.309 e. The Balaban J connectivity index is 0.881. The molecule has 3 aromatic heterocycles. The van der Waals surface area contributed by atoms with Gasteiger partial charge in [-0.3, -0.25) is 0 Å². The fourth-order valence-corrected chi connectivity index (χ4v) is 19.1. The number of para-hydroxylation sites is 6. The van der Waals surface area contributed by atoms with Crippen molar-refractivity contribution in [2.24, 2.45) is 0 Å². The minimum atomic E-state index is -3.51. The Kier molecular flexibility index (Phi) is 8.37. The molecule has 11 aromatic carbocycles. The van der Waals surface area contributed by atoms with Crippen molar-refractivity contribution in [3.05, 3.63) is 249 Å². The van der Waals surface area contributed by atoms with Crippen LogP contribution in [0.4, 0.5) is 0 Å². The van der Waals surface area contributed by atoms with Crippen LogP contribution < -0.4 is 31.8 Å². The summed E-state index contributed by atoms with van der Waals surface area (Å²) in [6.07, 6.45) is 0. The summed E-state index contributed by atoms with van der Waals surface area (Å²) < 4.78 is 40.4. The lowest BCUT2D eigenvalue weighted by Crippen LogP contribution is -2.28. The Morgan fingerprint density at radius 3 is 0.836 bits per heavy atom. The first-order valence-corrected chi connectivity index (χ1v) is 28.2. The van der Waals surface area contributed by atoms with E-state index in [4.69, 9.17) is 0 Å². The zero-order valence-corrected chi connectivity index (χ0v) is 41.0. The van der Waals surface area contributed by atoms with E-state index < -0.39 is 14.3 Å². The number of hydrogen-bond acceptors (Lipinski definition) is 2. The SMILES string of the molecule is O=P1(c2ccc(-n3c4ccccc4c4ccccc43)cc2)c2cccc3c2-c2c1cc(-c1ccc(-n4c5ccccc5c5ccccc54)cc1)cc2P3(=O)c1ccc(-n2c3ccccc3c3ccccc32)cc1. The van der Waals surface area contributed by atoms with E-state index in [1.807, 2.05) is 18.2 Å². The first-order chi connectivity index (χ1) is 36.0. The molecular weight excluding hydrogens is 929 g/mol. The summed E-state index contributed by atoms with van der Waals surface area (Å²) >= 11 is 0. The first-order valence-electron chi connectivity index (χ1n) is 24.8. The van der Waals surface area contributed by atoms with E-state index in [1.165, 1.54) is 32.3 Å². The Morgan fingerprint density at radius 2 is 0.521 bits per heavy atom. The van der Waals surface area contributed by atoms with E-state index in [0.717, 1.165) is 104 Å². The molecule has 14 aromatic rings. The van der Waals surface area contributed by atoms with Gasteiger partial charge in [-0.05, 0) is 120 Å². The number of aromatic nitrogens is 3. The van der Waals surface area contributed by atoms with E-state index >= 15 is 9.13 Å². The Morgan fingerprint density at radius 1 is 0.247 bits per heavy atom. The Labute approximate surface area is 420 Å². The average Bonchev–Trinajstić information content (AvgIpc) is 4.22. The molecule has 0 fully saturated rings. The van der Waals surface area contributed by atoms with Crippen LogP contribution in [0.15, 0.2) is 249 Å². The van der Waals surface area contributed by atoms with Gasteiger partial charge in [0, 0.05) is 92.3 Å². The standard InChI is InChI=1S/C66H41N3O2P2/c70-72(47-36-32-45(33-37-47)68-57-22-9-3-16-51(57)52-17-4-10-23-58(52)68)61-26-13-27-62-65(61)66-63(72)40-43(42-28-30-44(31-29-42)67-55-20-7-1-14-49(55)50-15-2-8-21-56(50)67)41-64(66)73(62,71)48-38-34-46(35-39-48)69-59-24-11-5-18-53(59)54-19-6-12-25-60(54)69/h1-41H. The number of nitrogens with zero attached hydrogens (tertiary/aromatic N) is 3. The maximum Gasteiger partial charge on any atom is 0.172 e.